The first-order valence-electron chi connectivity index (χ1n) is 7.60. The Hall–Kier alpha value is -1.14. The Kier molecular flexibility index (Phi) is 8.30. The molecule has 0 bridgehead atoms. The molecule has 1 heterocycles. The molecule has 120 valence electrons. The highest BCUT2D eigenvalue weighted by atomic mass is 32.1. The van der Waals surface area contributed by atoms with E-state index in [1.807, 2.05) is 12.3 Å². The van der Waals surface area contributed by atoms with Gasteiger partial charge in [-0.3, -0.25) is 4.79 Å². The summed E-state index contributed by atoms with van der Waals surface area (Å²) in [6.07, 6.45) is 2.20. The van der Waals surface area contributed by atoms with Crippen molar-refractivity contribution in [2.24, 2.45) is 0 Å². The molecule has 0 amide bonds. The lowest BCUT2D eigenvalue weighted by Crippen LogP contribution is -2.32. The molecule has 5 nitrogen and oxygen atoms in total. The molecule has 0 fully saturated rings. The monoisotopic (exact) mass is 313 g/mol. The van der Waals surface area contributed by atoms with Gasteiger partial charge in [0, 0.05) is 30.9 Å². The van der Waals surface area contributed by atoms with Crippen LogP contribution in [-0.2, 0) is 16.0 Å². The van der Waals surface area contributed by atoms with E-state index in [9.17, 15) is 4.79 Å². The van der Waals surface area contributed by atoms with Gasteiger partial charge in [-0.05, 0) is 27.3 Å². The van der Waals surface area contributed by atoms with Crippen LogP contribution in [0, 0.1) is 0 Å². The first-order chi connectivity index (χ1) is 10.1. The summed E-state index contributed by atoms with van der Waals surface area (Å²) >= 11 is 1.59. The van der Waals surface area contributed by atoms with Crippen molar-refractivity contribution in [3.8, 4) is 0 Å². The molecular weight excluding hydrogens is 286 g/mol. The van der Waals surface area contributed by atoms with Crippen LogP contribution < -0.4 is 5.32 Å². The molecule has 0 aromatic carbocycles. The first kappa shape index (κ1) is 17.9. The third-order valence-electron chi connectivity index (χ3n) is 3.53. The zero-order valence-electron chi connectivity index (χ0n) is 13.5. The SMILES string of the molecule is CCOC(=O)CCc1csc(NCCN(C)C(C)CC)n1. The van der Waals surface area contributed by atoms with Crippen molar-refractivity contribution in [3.05, 3.63) is 11.1 Å². The molecule has 1 unspecified atom stereocenters. The van der Waals surface area contributed by atoms with E-state index >= 15 is 0 Å². The van der Waals surface area contributed by atoms with Crippen molar-refractivity contribution in [2.75, 3.05) is 32.1 Å². The number of nitrogens with zero attached hydrogens (tertiary/aromatic N) is 2. The highest BCUT2D eigenvalue weighted by Gasteiger charge is 2.08. The Labute approximate surface area is 131 Å². The quantitative estimate of drug-likeness (QED) is 0.673. The van der Waals surface area contributed by atoms with Crippen molar-refractivity contribution in [2.45, 2.75) is 46.1 Å². The van der Waals surface area contributed by atoms with Gasteiger partial charge in [-0.25, -0.2) is 4.98 Å². The zero-order valence-corrected chi connectivity index (χ0v) is 14.3. The third-order valence-corrected chi connectivity index (χ3v) is 4.38. The standard InChI is InChI=1S/C15H27N3O2S/c1-5-12(3)18(4)10-9-16-15-17-13(11-21-15)7-8-14(19)20-6-2/h11-12H,5-10H2,1-4H3,(H,16,17). The molecule has 21 heavy (non-hydrogen) atoms. The molecule has 1 atom stereocenters. The molecule has 6 heteroatoms. The Morgan fingerprint density at radius 2 is 2.29 bits per heavy atom. The minimum absolute atomic E-state index is 0.157. The fraction of sp³-hybridized carbons (Fsp3) is 0.733. The maximum Gasteiger partial charge on any atom is 0.306 e. The predicted molar refractivity (Wildman–Crippen MR) is 87.9 cm³/mol. The third kappa shape index (κ3) is 6.91. The molecule has 0 spiro atoms. The fourth-order valence-corrected chi connectivity index (χ4v) is 2.61. The number of esters is 1. The van der Waals surface area contributed by atoms with E-state index in [1.54, 1.807) is 11.3 Å². The average Bonchev–Trinajstić information content (AvgIpc) is 2.92. The summed E-state index contributed by atoms with van der Waals surface area (Å²) in [6, 6.07) is 0.600. The van der Waals surface area contributed by atoms with Crippen LogP contribution in [0.3, 0.4) is 0 Å². The second-order valence-corrected chi connectivity index (χ2v) is 5.97. The lowest BCUT2D eigenvalue weighted by Gasteiger charge is -2.23. The van der Waals surface area contributed by atoms with Gasteiger partial charge in [0.25, 0.3) is 0 Å². The molecule has 0 radical (unpaired) electrons. The van der Waals surface area contributed by atoms with Crippen molar-refractivity contribution >= 4 is 22.4 Å². The topological polar surface area (TPSA) is 54.5 Å². The summed E-state index contributed by atoms with van der Waals surface area (Å²) in [5.41, 5.74) is 0.950. The minimum atomic E-state index is -0.157. The van der Waals surface area contributed by atoms with E-state index in [0.717, 1.165) is 30.3 Å². The lowest BCUT2D eigenvalue weighted by atomic mass is 10.2. The number of likely N-dealkylation sites (N-methyl/N-ethyl adjacent to an activating group) is 1. The van der Waals surface area contributed by atoms with Gasteiger partial charge in [0.05, 0.1) is 18.7 Å². The van der Waals surface area contributed by atoms with Gasteiger partial charge in [0.2, 0.25) is 0 Å². The lowest BCUT2D eigenvalue weighted by molar-refractivity contribution is -0.143. The minimum Gasteiger partial charge on any atom is -0.466 e. The molecule has 1 aromatic rings. The summed E-state index contributed by atoms with van der Waals surface area (Å²) in [6.45, 7) is 8.56. The fourth-order valence-electron chi connectivity index (χ4n) is 1.84. The summed E-state index contributed by atoms with van der Waals surface area (Å²) in [4.78, 5) is 18.1. The summed E-state index contributed by atoms with van der Waals surface area (Å²) in [7, 11) is 2.14. The number of nitrogens with one attached hydrogen (secondary N) is 1. The average molecular weight is 313 g/mol. The number of aryl methyl sites for hydroxylation is 1. The molecular formula is C15H27N3O2S. The van der Waals surface area contributed by atoms with Crippen LogP contribution in [0.4, 0.5) is 5.13 Å². The van der Waals surface area contributed by atoms with Gasteiger partial charge in [-0.15, -0.1) is 11.3 Å². The number of rotatable bonds is 10. The normalized spacial score (nSPS) is 12.4. The van der Waals surface area contributed by atoms with Crippen LogP contribution >= 0.6 is 11.3 Å². The second-order valence-electron chi connectivity index (χ2n) is 5.11. The van der Waals surface area contributed by atoms with E-state index in [1.165, 1.54) is 0 Å². The Bertz CT molecular complexity index is 423. The number of ether oxygens (including phenoxy) is 1. The Morgan fingerprint density at radius 1 is 1.52 bits per heavy atom. The molecule has 1 aromatic heterocycles. The van der Waals surface area contributed by atoms with E-state index in [4.69, 9.17) is 4.74 Å². The number of aromatic nitrogens is 1. The molecule has 0 saturated carbocycles. The summed E-state index contributed by atoms with van der Waals surface area (Å²) in [5, 5.41) is 6.26. The Morgan fingerprint density at radius 3 is 2.95 bits per heavy atom. The van der Waals surface area contributed by atoms with E-state index in [-0.39, 0.29) is 5.97 Å². The number of carbonyl (C=O) groups excluding carboxylic acids is 1. The number of anilines is 1. The number of thiazole rings is 1. The van der Waals surface area contributed by atoms with Gasteiger partial charge >= 0.3 is 5.97 Å². The smallest absolute Gasteiger partial charge is 0.306 e. The molecule has 0 aliphatic rings. The van der Waals surface area contributed by atoms with Crippen LogP contribution in [-0.4, -0.2) is 48.6 Å². The van der Waals surface area contributed by atoms with E-state index in [0.29, 0.717) is 25.5 Å². The van der Waals surface area contributed by atoms with E-state index < -0.39 is 0 Å². The van der Waals surface area contributed by atoms with Crippen LogP contribution in [0.15, 0.2) is 5.38 Å². The van der Waals surface area contributed by atoms with E-state index in [2.05, 4.69) is 36.1 Å². The molecule has 1 rings (SSSR count). The molecule has 0 aliphatic carbocycles. The van der Waals surface area contributed by atoms with Gasteiger partial charge in [0.1, 0.15) is 0 Å². The maximum atomic E-state index is 11.3. The van der Waals surface area contributed by atoms with Crippen LogP contribution in [0.1, 0.15) is 39.3 Å². The van der Waals surface area contributed by atoms with Crippen molar-refractivity contribution in [1.29, 1.82) is 0 Å². The first-order valence-corrected chi connectivity index (χ1v) is 8.48. The van der Waals surface area contributed by atoms with Crippen LogP contribution in [0.25, 0.3) is 0 Å². The highest BCUT2D eigenvalue weighted by molar-refractivity contribution is 7.13. The number of hydrogen-bond acceptors (Lipinski definition) is 6. The summed E-state index contributed by atoms with van der Waals surface area (Å²) < 4.78 is 4.91. The summed E-state index contributed by atoms with van der Waals surface area (Å²) in [5.74, 6) is -0.157. The van der Waals surface area contributed by atoms with Gasteiger partial charge in [-0.2, -0.15) is 0 Å². The Balaban J connectivity index is 2.27. The van der Waals surface area contributed by atoms with Crippen LogP contribution in [0.2, 0.25) is 0 Å². The molecule has 0 aliphatic heterocycles. The van der Waals surface area contributed by atoms with Crippen LogP contribution in [0.5, 0.6) is 0 Å². The highest BCUT2D eigenvalue weighted by Crippen LogP contribution is 2.16. The van der Waals surface area contributed by atoms with Gasteiger partial charge in [0.15, 0.2) is 5.13 Å². The van der Waals surface area contributed by atoms with Crippen molar-refractivity contribution in [1.82, 2.24) is 9.88 Å². The van der Waals surface area contributed by atoms with Gasteiger partial charge in [-0.1, -0.05) is 6.92 Å². The predicted octanol–water partition coefficient (Wildman–Crippen LogP) is 2.78. The second kappa shape index (κ2) is 9.73. The van der Waals surface area contributed by atoms with Crippen molar-refractivity contribution < 1.29 is 9.53 Å². The van der Waals surface area contributed by atoms with Gasteiger partial charge < -0.3 is 15.0 Å². The zero-order chi connectivity index (χ0) is 15.7. The largest absolute Gasteiger partial charge is 0.466 e. The number of carbonyl (C=O) groups is 1. The van der Waals surface area contributed by atoms with Crippen molar-refractivity contribution in [3.63, 3.8) is 0 Å². The molecule has 1 N–H and O–H groups in total. The maximum absolute atomic E-state index is 11.3. The number of hydrogen-bond donors (Lipinski definition) is 1. The molecule has 0 saturated heterocycles.